The van der Waals surface area contributed by atoms with Gasteiger partial charge in [0.05, 0.1) is 22.5 Å². The number of hydrogen-bond donors (Lipinski definition) is 0. The maximum Gasteiger partial charge on any atom is 0.410 e. The van der Waals surface area contributed by atoms with E-state index in [2.05, 4.69) is 5.10 Å². The molecule has 0 amide bonds. The third kappa shape index (κ3) is 3.04. The van der Waals surface area contributed by atoms with Gasteiger partial charge in [-0.15, -0.1) is 0 Å². The van der Waals surface area contributed by atoms with Crippen LogP contribution in [-0.2, 0) is 13.8 Å². The predicted molar refractivity (Wildman–Crippen MR) is 74.8 cm³/mol. The van der Waals surface area contributed by atoms with Gasteiger partial charge in [0.2, 0.25) is 4.90 Å². The molecule has 0 aromatic carbocycles. The maximum atomic E-state index is 11.5. The standard InChI is InChI=1S/C11H16ClN3O5S/c1-10(2)5-8(11(3,4)20-10)14-6-7(21(12,18)19)9(13-14)15(16)17/h6,8H,5H2,1-4H3. The number of nitro groups is 1. The van der Waals surface area contributed by atoms with Crippen LogP contribution in [0, 0.1) is 10.1 Å². The highest BCUT2D eigenvalue weighted by molar-refractivity contribution is 8.13. The summed E-state index contributed by atoms with van der Waals surface area (Å²) in [6.07, 6.45) is 1.64. The van der Waals surface area contributed by atoms with E-state index >= 15 is 0 Å². The van der Waals surface area contributed by atoms with Crippen LogP contribution in [0.4, 0.5) is 5.82 Å². The van der Waals surface area contributed by atoms with Crippen LogP contribution in [-0.4, -0.2) is 34.3 Å². The Labute approximate surface area is 126 Å². The number of hydrogen-bond acceptors (Lipinski definition) is 6. The summed E-state index contributed by atoms with van der Waals surface area (Å²) in [5.41, 5.74) is -1.08. The van der Waals surface area contributed by atoms with Crippen LogP contribution in [0.1, 0.15) is 40.2 Å². The second-order valence-corrected chi connectivity index (χ2v) is 8.71. The Morgan fingerprint density at radius 1 is 1.48 bits per heavy atom. The average Bonchev–Trinajstić information content (AvgIpc) is 2.75. The minimum absolute atomic E-state index is 0.335. The molecule has 0 saturated carbocycles. The van der Waals surface area contributed by atoms with Gasteiger partial charge in [-0.3, -0.25) is 0 Å². The van der Waals surface area contributed by atoms with Gasteiger partial charge in [-0.05, 0) is 32.6 Å². The summed E-state index contributed by atoms with van der Waals surface area (Å²) in [5, 5.41) is 14.8. The summed E-state index contributed by atoms with van der Waals surface area (Å²) in [5.74, 6) is -0.773. The van der Waals surface area contributed by atoms with Crippen molar-refractivity contribution in [1.29, 1.82) is 0 Å². The molecule has 0 bridgehead atoms. The molecule has 118 valence electrons. The quantitative estimate of drug-likeness (QED) is 0.476. The molecule has 1 unspecified atom stereocenters. The highest BCUT2D eigenvalue weighted by Gasteiger charge is 2.49. The third-order valence-electron chi connectivity index (χ3n) is 3.46. The zero-order chi connectivity index (χ0) is 16.2. The highest BCUT2D eigenvalue weighted by Crippen LogP contribution is 2.45. The molecule has 2 rings (SSSR count). The number of aromatic nitrogens is 2. The van der Waals surface area contributed by atoms with E-state index in [1.807, 2.05) is 27.7 Å². The Hall–Kier alpha value is -1.19. The SMILES string of the molecule is CC1(C)CC(n2cc(S(=O)(=O)Cl)c([N+](=O)[O-])n2)C(C)(C)O1. The van der Waals surface area contributed by atoms with Crippen LogP contribution >= 0.6 is 10.7 Å². The van der Waals surface area contributed by atoms with Crippen LogP contribution in [0.25, 0.3) is 0 Å². The number of rotatable bonds is 3. The van der Waals surface area contributed by atoms with Gasteiger partial charge in [0.1, 0.15) is 6.04 Å². The van der Waals surface area contributed by atoms with Crippen molar-refractivity contribution in [2.75, 3.05) is 0 Å². The minimum Gasteiger partial charge on any atom is -0.367 e. The molecule has 8 nitrogen and oxygen atoms in total. The van der Waals surface area contributed by atoms with Crippen molar-refractivity contribution < 1.29 is 18.1 Å². The number of ether oxygens (including phenoxy) is 1. The fourth-order valence-electron chi connectivity index (χ4n) is 2.77. The van der Waals surface area contributed by atoms with Crippen LogP contribution in [0.3, 0.4) is 0 Å². The van der Waals surface area contributed by atoms with Crippen molar-refractivity contribution in [2.24, 2.45) is 0 Å². The Morgan fingerprint density at radius 3 is 2.38 bits per heavy atom. The molecule has 2 heterocycles. The smallest absolute Gasteiger partial charge is 0.367 e. The summed E-state index contributed by atoms with van der Waals surface area (Å²) in [6, 6.07) is -0.335. The first-order valence-electron chi connectivity index (χ1n) is 6.22. The van der Waals surface area contributed by atoms with Crippen molar-refractivity contribution in [3.8, 4) is 0 Å². The van der Waals surface area contributed by atoms with Crippen LogP contribution in [0.5, 0.6) is 0 Å². The molecule has 21 heavy (non-hydrogen) atoms. The largest absolute Gasteiger partial charge is 0.410 e. The van der Waals surface area contributed by atoms with Crippen molar-refractivity contribution >= 4 is 25.6 Å². The van der Waals surface area contributed by atoms with E-state index in [9.17, 15) is 18.5 Å². The van der Waals surface area contributed by atoms with E-state index in [0.29, 0.717) is 6.42 Å². The fraction of sp³-hybridized carbons (Fsp3) is 0.727. The average molecular weight is 338 g/mol. The van der Waals surface area contributed by atoms with Crippen molar-refractivity contribution in [2.45, 2.75) is 56.3 Å². The minimum atomic E-state index is -4.25. The topological polar surface area (TPSA) is 104 Å². The molecule has 0 aliphatic carbocycles. The van der Waals surface area contributed by atoms with Gasteiger partial charge in [0, 0.05) is 17.1 Å². The summed E-state index contributed by atoms with van der Waals surface area (Å²) < 4.78 is 30.1. The molecule has 1 aliphatic rings. The predicted octanol–water partition coefficient (Wildman–Crippen LogP) is 2.24. The normalized spacial score (nSPS) is 24.1. The zero-order valence-corrected chi connectivity index (χ0v) is 13.6. The van der Waals surface area contributed by atoms with Gasteiger partial charge in [-0.1, -0.05) is 0 Å². The second-order valence-electron chi connectivity index (χ2n) is 6.18. The van der Waals surface area contributed by atoms with Gasteiger partial charge in [-0.25, -0.2) is 8.42 Å². The monoisotopic (exact) mass is 337 g/mol. The highest BCUT2D eigenvalue weighted by atomic mass is 35.7. The fourth-order valence-corrected chi connectivity index (χ4v) is 3.66. The second kappa shape index (κ2) is 4.65. The van der Waals surface area contributed by atoms with E-state index in [4.69, 9.17) is 15.4 Å². The molecule has 1 aromatic heterocycles. The first kappa shape index (κ1) is 16.2. The molecule has 1 aromatic rings. The van der Waals surface area contributed by atoms with E-state index in [1.165, 1.54) is 4.68 Å². The Bertz CT molecular complexity index is 695. The molecule has 1 atom stereocenters. The molecule has 1 saturated heterocycles. The molecule has 1 fully saturated rings. The van der Waals surface area contributed by atoms with Gasteiger partial charge >= 0.3 is 5.82 Å². The summed E-state index contributed by atoms with van der Waals surface area (Å²) in [6.45, 7) is 7.45. The lowest BCUT2D eigenvalue weighted by molar-refractivity contribution is -0.392. The molecule has 1 aliphatic heterocycles. The molecule has 0 spiro atoms. The van der Waals surface area contributed by atoms with E-state index in [-0.39, 0.29) is 6.04 Å². The lowest BCUT2D eigenvalue weighted by atomic mass is 9.95. The Kier molecular flexibility index (Phi) is 3.59. The zero-order valence-electron chi connectivity index (χ0n) is 12.0. The Balaban J connectivity index is 2.54. The van der Waals surface area contributed by atoms with E-state index in [1.54, 1.807) is 0 Å². The van der Waals surface area contributed by atoms with Gasteiger partial charge < -0.3 is 14.9 Å². The van der Waals surface area contributed by atoms with Gasteiger partial charge in [0.25, 0.3) is 9.05 Å². The van der Waals surface area contributed by atoms with E-state index in [0.717, 1.165) is 6.20 Å². The summed E-state index contributed by atoms with van der Waals surface area (Å²) in [7, 11) is 0.991. The molecular weight excluding hydrogens is 322 g/mol. The number of nitrogens with zero attached hydrogens (tertiary/aromatic N) is 3. The first-order valence-corrected chi connectivity index (χ1v) is 8.53. The molecule has 0 radical (unpaired) electrons. The summed E-state index contributed by atoms with van der Waals surface area (Å²) >= 11 is 0. The van der Waals surface area contributed by atoms with Gasteiger partial charge in [0.15, 0.2) is 0 Å². The molecular formula is C11H16ClN3O5S. The summed E-state index contributed by atoms with van der Waals surface area (Å²) in [4.78, 5) is 9.50. The van der Waals surface area contributed by atoms with E-state index < -0.39 is 35.9 Å². The van der Waals surface area contributed by atoms with Crippen molar-refractivity contribution in [3.63, 3.8) is 0 Å². The van der Waals surface area contributed by atoms with Crippen LogP contribution in [0.15, 0.2) is 11.1 Å². The van der Waals surface area contributed by atoms with Crippen molar-refractivity contribution in [1.82, 2.24) is 9.78 Å². The van der Waals surface area contributed by atoms with Crippen LogP contribution in [0.2, 0.25) is 0 Å². The maximum absolute atomic E-state index is 11.5. The van der Waals surface area contributed by atoms with Crippen molar-refractivity contribution in [3.05, 3.63) is 16.3 Å². The van der Waals surface area contributed by atoms with Gasteiger partial charge in [-0.2, -0.15) is 4.68 Å². The van der Waals surface area contributed by atoms with Crippen LogP contribution < -0.4 is 0 Å². The Morgan fingerprint density at radius 2 is 2.05 bits per heavy atom. The third-order valence-corrected chi connectivity index (χ3v) is 4.77. The molecule has 10 heteroatoms. The first-order chi connectivity index (χ1) is 9.33. The number of halogens is 1. The molecule has 0 N–H and O–H groups in total. The lowest BCUT2D eigenvalue weighted by Crippen LogP contribution is -2.31. The lowest BCUT2D eigenvalue weighted by Gasteiger charge is -2.25.